The van der Waals surface area contributed by atoms with Gasteiger partial charge < -0.3 is 19.3 Å². The first-order valence-electron chi connectivity index (χ1n) is 10.2. The topological polar surface area (TPSA) is 67.6 Å². The lowest BCUT2D eigenvalue weighted by molar-refractivity contribution is -0.144. The van der Waals surface area contributed by atoms with Crippen molar-refractivity contribution in [2.75, 3.05) is 6.61 Å². The molecule has 3 fully saturated rings. The maximum absolute atomic E-state index is 12.9. The number of fused-ring (bicyclic) bond motifs is 3. The second-order valence-electron chi connectivity index (χ2n) is 8.54. The summed E-state index contributed by atoms with van der Waals surface area (Å²) in [5.74, 6) is 0.215. The largest absolute Gasteiger partial charge is 0.388 e. The van der Waals surface area contributed by atoms with E-state index < -0.39 is 5.60 Å². The minimum Gasteiger partial charge on any atom is -0.388 e. The SMILES string of the molecule is O=C(C[C@@H]1CCCO1)N1[C@@H]2CC[C@@H]1CC(O)(Cn1ccc3ccncc31)C2. The van der Waals surface area contributed by atoms with Crippen molar-refractivity contribution >= 4 is 16.8 Å². The molecular weight excluding hydrogens is 342 g/mol. The fourth-order valence-corrected chi connectivity index (χ4v) is 5.45. The van der Waals surface area contributed by atoms with Crippen LogP contribution < -0.4 is 0 Å². The summed E-state index contributed by atoms with van der Waals surface area (Å²) in [6.45, 7) is 1.34. The lowest BCUT2D eigenvalue weighted by atomic mass is 9.85. The zero-order valence-electron chi connectivity index (χ0n) is 15.6. The van der Waals surface area contributed by atoms with E-state index in [-0.39, 0.29) is 24.1 Å². The molecule has 0 aromatic carbocycles. The van der Waals surface area contributed by atoms with Crippen LogP contribution in [0, 0.1) is 0 Å². The van der Waals surface area contributed by atoms with Gasteiger partial charge in [-0.2, -0.15) is 0 Å². The fourth-order valence-electron chi connectivity index (χ4n) is 5.45. The molecule has 6 nitrogen and oxygen atoms in total. The smallest absolute Gasteiger partial charge is 0.225 e. The monoisotopic (exact) mass is 369 g/mol. The quantitative estimate of drug-likeness (QED) is 0.899. The van der Waals surface area contributed by atoms with E-state index in [2.05, 4.69) is 20.5 Å². The predicted molar refractivity (Wildman–Crippen MR) is 101 cm³/mol. The van der Waals surface area contributed by atoms with E-state index in [1.807, 2.05) is 18.5 Å². The second kappa shape index (κ2) is 6.60. The Balaban J connectivity index is 1.30. The molecule has 1 amide bonds. The van der Waals surface area contributed by atoms with Crippen LogP contribution >= 0.6 is 0 Å². The normalized spacial score (nSPS) is 33.1. The molecule has 3 atom stereocenters. The number of carbonyl (C=O) groups excluding carboxylic acids is 1. The van der Waals surface area contributed by atoms with Crippen LogP contribution in [0.1, 0.15) is 44.9 Å². The van der Waals surface area contributed by atoms with Crippen molar-refractivity contribution in [3.63, 3.8) is 0 Å². The van der Waals surface area contributed by atoms with Gasteiger partial charge in [0.15, 0.2) is 0 Å². The lowest BCUT2D eigenvalue weighted by Crippen LogP contribution is -2.55. The van der Waals surface area contributed by atoms with E-state index in [0.29, 0.717) is 25.8 Å². The van der Waals surface area contributed by atoms with Gasteiger partial charge in [0.2, 0.25) is 5.91 Å². The second-order valence-corrected chi connectivity index (χ2v) is 8.54. The molecule has 0 spiro atoms. The van der Waals surface area contributed by atoms with Crippen molar-refractivity contribution in [1.82, 2.24) is 14.5 Å². The summed E-state index contributed by atoms with van der Waals surface area (Å²) < 4.78 is 7.75. The summed E-state index contributed by atoms with van der Waals surface area (Å²) >= 11 is 0. The van der Waals surface area contributed by atoms with Crippen molar-refractivity contribution in [2.24, 2.45) is 0 Å². The Labute approximate surface area is 159 Å². The van der Waals surface area contributed by atoms with Crippen molar-refractivity contribution in [3.05, 3.63) is 30.7 Å². The minimum absolute atomic E-state index is 0.0939. The Bertz CT molecular complexity index is 828. The summed E-state index contributed by atoms with van der Waals surface area (Å²) in [4.78, 5) is 19.2. The van der Waals surface area contributed by atoms with E-state index in [4.69, 9.17) is 4.74 Å². The Hall–Kier alpha value is -1.92. The molecule has 0 aliphatic carbocycles. The summed E-state index contributed by atoms with van der Waals surface area (Å²) in [7, 11) is 0. The number of ether oxygens (including phenoxy) is 1. The summed E-state index contributed by atoms with van der Waals surface area (Å²) in [6.07, 6.45) is 11.6. The third-order valence-corrected chi connectivity index (χ3v) is 6.61. The van der Waals surface area contributed by atoms with Crippen LogP contribution in [-0.2, 0) is 16.1 Å². The van der Waals surface area contributed by atoms with E-state index in [1.54, 1.807) is 6.20 Å². The number of hydrogen-bond acceptors (Lipinski definition) is 4. The molecule has 6 heteroatoms. The molecule has 2 bridgehead atoms. The molecule has 3 saturated heterocycles. The van der Waals surface area contributed by atoms with Crippen molar-refractivity contribution in [1.29, 1.82) is 0 Å². The van der Waals surface area contributed by atoms with Gasteiger partial charge in [0.25, 0.3) is 0 Å². The number of rotatable bonds is 4. The standard InChI is InChI=1S/C21H27N3O3/c25-20(10-18-2-1-9-27-18)24-16-3-4-17(24)12-21(26,11-16)14-23-8-6-15-5-7-22-13-19(15)23/h5-8,13,16-18,26H,1-4,9-12,14H2/t16-,17-,18+/m1/s1. The van der Waals surface area contributed by atoms with Crippen LogP contribution in [0.25, 0.3) is 10.9 Å². The van der Waals surface area contributed by atoms with Gasteiger partial charge in [0.05, 0.1) is 36.4 Å². The molecule has 3 aliphatic heterocycles. The highest BCUT2D eigenvalue weighted by atomic mass is 16.5. The maximum Gasteiger partial charge on any atom is 0.225 e. The molecular formula is C21H27N3O3. The Morgan fingerprint density at radius 1 is 1.26 bits per heavy atom. The zero-order valence-corrected chi connectivity index (χ0v) is 15.6. The molecule has 0 saturated carbocycles. The molecule has 5 heterocycles. The van der Waals surface area contributed by atoms with Crippen LogP contribution in [0.2, 0.25) is 0 Å². The molecule has 2 aromatic heterocycles. The van der Waals surface area contributed by atoms with E-state index in [9.17, 15) is 9.90 Å². The maximum atomic E-state index is 12.9. The van der Waals surface area contributed by atoms with Crippen LogP contribution in [-0.4, -0.2) is 55.9 Å². The number of piperidine rings is 1. The van der Waals surface area contributed by atoms with Gasteiger partial charge in [-0.25, -0.2) is 0 Å². The molecule has 3 aliphatic rings. The highest BCUT2D eigenvalue weighted by molar-refractivity contribution is 5.79. The van der Waals surface area contributed by atoms with Crippen molar-refractivity contribution < 1.29 is 14.6 Å². The molecule has 0 unspecified atom stereocenters. The summed E-state index contributed by atoms with van der Waals surface area (Å²) in [5.41, 5.74) is 0.281. The number of carbonyl (C=O) groups is 1. The predicted octanol–water partition coefficient (Wildman–Crippen LogP) is 2.49. The third-order valence-electron chi connectivity index (χ3n) is 6.61. The van der Waals surface area contributed by atoms with Crippen LogP contribution in [0.15, 0.2) is 30.7 Å². The highest BCUT2D eigenvalue weighted by Gasteiger charge is 2.49. The molecule has 0 radical (unpaired) electrons. The van der Waals surface area contributed by atoms with Gasteiger partial charge in [0.1, 0.15) is 0 Å². The third kappa shape index (κ3) is 3.15. The minimum atomic E-state index is -0.770. The highest BCUT2D eigenvalue weighted by Crippen LogP contribution is 2.42. The van der Waals surface area contributed by atoms with Crippen LogP contribution in [0.4, 0.5) is 0 Å². The van der Waals surface area contributed by atoms with E-state index in [0.717, 1.165) is 43.2 Å². The molecule has 2 aromatic rings. The Kier molecular flexibility index (Phi) is 4.20. The molecule has 5 rings (SSSR count). The van der Waals surface area contributed by atoms with Crippen molar-refractivity contribution in [2.45, 2.75) is 75.3 Å². The van der Waals surface area contributed by atoms with Gasteiger partial charge in [0, 0.05) is 36.5 Å². The average molecular weight is 369 g/mol. The van der Waals surface area contributed by atoms with E-state index >= 15 is 0 Å². The zero-order chi connectivity index (χ0) is 18.4. The van der Waals surface area contributed by atoms with Gasteiger partial charge in [-0.3, -0.25) is 9.78 Å². The molecule has 27 heavy (non-hydrogen) atoms. The average Bonchev–Trinajstić information content (AvgIpc) is 3.35. The van der Waals surface area contributed by atoms with Gasteiger partial charge in [-0.05, 0) is 50.7 Å². The number of pyridine rings is 1. The van der Waals surface area contributed by atoms with E-state index in [1.165, 1.54) is 0 Å². The first-order chi connectivity index (χ1) is 13.1. The van der Waals surface area contributed by atoms with Gasteiger partial charge in [-0.15, -0.1) is 0 Å². The van der Waals surface area contributed by atoms with Gasteiger partial charge >= 0.3 is 0 Å². The first-order valence-corrected chi connectivity index (χ1v) is 10.2. The Morgan fingerprint density at radius 3 is 2.81 bits per heavy atom. The Morgan fingerprint density at radius 2 is 2.07 bits per heavy atom. The van der Waals surface area contributed by atoms with Crippen molar-refractivity contribution in [3.8, 4) is 0 Å². The molecule has 1 N–H and O–H groups in total. The van der Waals surface area contributed by atoms with Crippen LogP contribution in [0.3, 0.4) is 0 Å². The van der Waals surface area contributed by atoms with Crippen LogP contribution in [0.5, 0.6) is 0 Å². The number of nitrogens with zero attached hydrogens (tertiary/aromatic N) is 3. The fraction of sp³-hybridized carbons (Fsp3) is 0.619. The number of amides is 1. The summed E-state index contributed by atoms with van der Waals surface area (Å²) in [5, 5.41) is 12.5. The van der Waals surface area contributed by atoms with Gasteiger partial charge in [-0.1, -0.05) is 0 Å². The number of aromatic nitrogens is 2. The molecule has 144 valence electrons. The number of hydrogen-bond donors (Lipinski definition) is 1. The lowest BCUT2D eigenvalue weighted by Gasteiger charge is -2.44. The first kappa shape index (κ1) is 17.2. The summed E-state index contributed by atoms with van der Waals surface area (Å²) in [6, 6.07) is 4.37. The number of aliphatic hydroxyl groups is 1.